The molecule has 96 valence electrons. The molecule has 0 aromatic heterocycles. The first kappa shape index (κ1) is 15.9. The van der Waals surface area contributed by atoms with Crippen molar-refractivity contribution in [2.45, 2.75) is 12.8 Å². The lowest BCUT2D eigenvalue weighted by Gasteiger charge is -2.28. The summed E-state index contributed by atoms with van der Waals surface area (Å²) in [4.78, 5) is 50.6. The van der Waals surface area contributed by atoms with E-state index < -0.39 is 34.6 Å². The van der Waals surface area contributed by atoms with Crippen LogP contribution in [-0.4, -0.2) is 19.0 Å². The smallest absolute Gasteiger partial charge is 0.158 e. The van der Waals surface area contributed by atoms with Gasteiger partial charge in [0.1, 0.15) is 6.61 Å². The Hall–Kier alpha value is -0.110. The van der Waals surface area contributed by atoms with Gasteiger partial charge < -0.3 is 37.8 Å². The van der Waals surface area contributed by atoms with E-state index in [4.69, 9.17) is 0 Å². The van der Waals surface area contributed by atoms with Gasteiger partial charge in [-0.25, -0.2) is 0 Å². The lowest BCUT2D eigenvalue weighted by atomic mass is 10.2. The molecule has 0 aliphatic heterocycles. The number of phosphoric ester groups is 2. The molecule has 0 aliphatic carbocycles. The van der Waals surface area contributed by atoms with E-state index >= 15 is 0 Å². The molecule has 9 nitrogen and oxygen atoms in total. The predicted molar refractivity (Wildman–Crippen MR) is 41.4 cm³/mol. The van der Waals surface area contributed by atoms with Gasteiger partial charge in [-0.2, -0.15) is 0 Å². The Morgan fingerprint density at radius 3 is 1.94 bits per heavy atom. The summed E-state index contributed by atoms with van der Waals surface area (Å²) >= 11 is 0. The largest absolute Gasteiger partial charge is 0.790 e. The zero-order chi connectivity index (χ0) is 12.8. The molecule has 0 bridgehead atoms. The predicted octanol–water partition coefficient (Wildman–Crippen LogP) is -2.97. The quantitative estimate of drug-likeness (QED) is 0.332. The lowest BCUT2D eigenvalue weighted by molar-refractivity contribution is -0.343. The highest BCUT2D eigenvalue weighted by atomic mass is 31.2. The zero-order valence-electron chi connectivity index (χ0n) is 7.90. The normalized spacial score (nSPS) is 12.8. The fourth-order valence-corrected chi connectivity index (χ4v) is 1.32. The van der Waals surface area contributed by atoms with Gasteiger partial charge in [-0.05, 0) is 6.42 Å². The number of phosphoric acid groups is 2. The second-order valence-corrected chi connectivity index (χ2v) is 4.95. The summed E-state index contributed by atoms with van der Waals surface area (Å²) < 4.78 is 27.4. The topological polar surface area (TPSA) is 162 Å². The number of carbonyl (C=O) groups is 1. The number of ketones is 1. The fourth-order valence-electron chi connectivity index (χ4n) is 0.669. The summed E-state index contributed by atoms with van der Waals surface area (Å²) in [7, 11) is -10.2. The molecule has 0 saturated heterocycles. The molecule has 0 fully saturated rings. The number of hydrogen-bond acceptors (Lipinski definition) is 9. The minimum atomic E-state index is -5.18. The van der Waals surface area contributed by atoms with Crippen molar-refractivity contribution in [1.29, 1.82) is 0 Å². The van der Waals surface area contributed by atoms with Crippen LogP contribution in [0.25, 0.3) is 0 Å². The van der Waals surface area contributed by atoms with Crippen LogP contribution in [-0.2, 0) is 23.0 Å². The van der Waals surface area contributed by atoms with E-state index in [0.29, 0.717) is 0 Å². The van der Waals surface area contributed by atoms with Gasteiger partial charge in [-0.1, -0.05) is 0 Å². The summed E-state index contributed by atoms with van der Waals surface area (Å²) in [6.45, 7) is -1.39. The van der Waals surface area contributed by atoms with Gasteiger partial charge in [0, 0.05) is 6.42 Å². The molecule has 11 heteroatoms. The van der Waals surface area contributed by atoms with Gasteiger partial charge in [0.15, 0.2) is 5.78 Å². The molecule has 0 N–H and O–H groups in total. The van der Waals surface area contributed by atoms with Crippen LogP contribution < -0.4 is 19.6 Å². The first-order valence-corrected chi connectivity index (χ1v) is 6.87. The minimum absolute atomic E-state index is 0.0985. The molecule has 16 heavy (non-hydrogen) atoms. The minimum Gasteiger partial charge on any atom is -0.790 e. The van der Waals surface area contributed by atoms with E-state index in [0.717, 1.165) is 0 Å². The number of rotatable bonds is 8. The second kappa shape index (κ2) is 6.58. The Kier molecular flexibility index (Phi) is 6.54. The summed E-state index contributed by atoms with van der Waals surface area (Å²) in [5, 5.41) is 0. The zero-order valence-corrected chi connectivity index (χ0v) is 9.69. The average molecular weight is 274 g/mol. The fraction of sp³-hybridized carbons (Fsp3) is 0.800. The third-order valence-electron chi connectivity index (χ3n) is 1.23. The average Bonchev–Trinajstić information content (AvgIpc) is 2.06. The van der Waals surface area contributed by atoms with Crippen LogP contribution >= 0.6 is 15.6 Å². The number of carbonyl (C=O) groups excluding carboxylic acids is 1. The van der Waals surface area contributed by atoms with Crippen molar-refractivity contribution in [1.82, 2.24) is 0 Å². The van der Waals surface area contributed by atoms with Crippen LogP contribution in [0, 0.1) is 0 Å². The molecule has 0 amide bonds. The Morgan fingerprint density at radius 1 is 1.00 bits per heavy atom. The maximum atomic E-state index is 10.8. The Morgan fingerprint density at radius 2 is 1.50 bits per heavy atom. The highest BCUT2D eigenvalue weighted by molar-refractivity contribution is 7.43. The Balaban J connectivity index is 3.60. The van der Waals surface area contributed by atoms with Gasteiger partial charge >= 0.3 is 0 Å². The van der Waals surface area contributed by atoms with Crippen molar-refractivity contribution in [3.63, 3.8) is 0 Å². The standard InChI is InChI=1S/C5H12O9P2/c6-5(4-14-16(10,11)12)2-1-3-13-15(7,8)9/h1-4H2,(H2,7,8,9)(H2,10,11,12)/p-4. The highest BCUT2D eigenvalue weighted by Crippen LogP contribution is 2.25. The van der Waals surface area contributed by atoms with Crippen LogP contribution in [0.4, 0.5) is 0 Å². The first-order valence-electron chi connectivity index (χ1n) is 3.95. The molecule has 0 spiro atoms. The maximum absolute atomic E-state index is 10.8. The van der Waals surface area contributed by atoms with E-state index in [1.54, 1.807) is 0 Å². The summed E-state index contributed by atoms with van der Waals surface area (Å²) in [5.41, 5.74) is 0. The molecular weight excluding hydrogens is 266 g/mol. The summed E-state index contributed by atoms with van der Waals surface area (Å²) in [5.74, 6) is -0.720. The van der Waals surface area contributed by atoms with Crippen LogP contribution in [0.2, 0.25) is 0 Å². The molecule has 0 aliphatic rings. The third-order valence-corrected chi connectivity index (χ3v) is 2.18. The van der Waals surface area contributed by atoms with E-state index in [1.165, 1.54) is 0 Å². The molecule has 0 rings (SSSR count). The van der Waals surface area contributed by atoms with Gasteiger partial charge in [0.05, 0.1) is 22.3 Å². The van der Waals surface area contributed by atoms with E-state index in [2.05, 4.69) is 9.05 Å². The first-order chi connectivity index (χ1) is 7.10. The maximum Gasteiger partial charge on any atom is 0.158 e. The number of hydrogen-bond donors (Lipinski definition) is 0. The SMILES string of the molecule is O=C(CCCOP(=O)([O-])[O-])COP(=O)([O-])[O-]. The molecule has 0 atom stereocenters. The molecule has 0 saturated carbocycles. The van der Waals surface area contributed by atoms with Gasteiger partial charge in [0.25, 0.3) is 0 Å². The Labute approximate surface area is 90.9 Å². The number of Topliss-reactive ketones (excluding diaryl/α,β-unsaturated/α-hetero) is 1. The van der Waals surface area contributed by atoms with Crippen molar-refractivity contribution in [3.8, 4) is 0 Å². The van der Waals surface area contributed by atoms with Crippen molar-refractivity contribution in [2.24, 2.45) is 0 Å². The van der Waals surface area contributed by atoms with Crippen molar-refractivity contribution < 1.29 is 42.5 Å². The van der Waals surface area contributed by atoms with Crippen LogP contribution in [0.15, 0.2) is 0 Å². The summed E-state index contributed by atoms with van der Waals surface area (Å²) in [6.07, 6.45) is -0.362. The second-order valence-electron chi connectivity index (χ2n) is 2.64. The van der Waals surface area contributed by atoms with Crippen LogP contribution in [0.5, 0.6) is 0 Å². The van der Waals surface area contributed by atoms with E-state index in [-0.39, 0.29) is 12.8 Å². The van der Waals surface area contributed by atoms with Crippen LogP contribution in [0.1, 0.15) is 12.8 Å². The summed E-state index contributed by atoms with van der Waals surface area (Å²) in [6, 6.07) is 0. The molecule has 0 radical (unpaired) electrons. The van der Waals surface area contributed by atoms with Crippen molar-refractivity contribution in [3.05, 3.63) is 0 Å². The van der Waals surface area contributed by atoms with Gasteiger partial charge in [-0.3, -0.25) is 4.79 Å². The monoisotopic (exact) mass is 274 g/mol. The van der Waals surface area contributed by atoms with Crippen molar-refractivity contribution in [2.75, 3.05) is 13.2 Å². The molecule has 0 unspecified atom stereocenters. The molecular formula is C5H8O9P2-4. The molecule has 0 aromatic rings. The van der Waals surface area contributed by atoms with Crippen molar-refractivity contribution >= 4 is 21.4 Å². The van der Waals surface area contributed by atoms with E-state index in [1.807, 2.05) is 0 Å². The lowest BCUT2D eigenvalue weighted by Crippen LogP contribution is -2.20. The third kappa shape index (κ3) is 12.0. The Bertz CT molecular complexity index is 314. The van der Waals surface area contributed by atoms with Gasteiger partial charge in [0.2, 0.25) is 0 Å². The molecule has 0 heterocycles. The highest BCUT2D eigenvalue weighted by Gasteiger charge is 2.03. The van der Waals surface area contributed by atoms with Crippen LogP contribution in [0.3, 0.4) is 0 Å². The van der Waals surface area contributed by atoms with Gasteiger partial charge in [-0.15, -0.1) is 0 Å². The molecule has 0 aromatic carbocycles. The van der Waals surface area contributed by atoms with E-state index in [9.17, 15) is 33.5 Å².